The monoisotopic (exact) mass is 225 g/mol. The van der Waals surface area contributed by atoms with E-state index in [0.29, 0.717) is 0 Å². The third-order valence-electron chi connectivity index (χ3n) is 2.52. The highest BCUT2D eigenvalue weighted by molar-refractivity contribution is 8.46. The Kier molecular flexibility index (Phi) is 1.93. The van der Waals surface area contributed by atoms with Gasteiger partial charge in [-0.25, -0.2) is 19.3 Å². The van der Waals surface area contributed by atoms with Crippen LogP contribution >= 0.6 is 9.35 Å². The molecule has 2 aromatic heterocycles. The van der Waals surface area contributed by atoms with Gasteiger partial charge in [-0.2, -0.15) is 0 Å². The normalized spacial score (nSPS) is 15.1. The smallest absolute Gasteiger partial charge is 0.150 e. The van der Waals surface area contributed by atoms with Gasteiger partial charge in [-0.3, -0.25) is 0 Å². The zero-order valence-electron chi connectivity index (χ0n) is 10.0. The van der Waals surface area contributed by atoms with Gasteiger partial charge in [-0.1, -0.05) is 0 Å². The summed E-state index contributed by atoms with van der Waals surface area (Å²) in [4.78, 5) is 8.61. The van der Waals surface area contributed by atoms with Crippen LogP contribution in [0.5, 0.6) is 0 Å². The molecule has 0 aromatic carbocycles. The molecular weight excluding hydrogens is 206 g/mol. The average Bonchev–Trinajstić information content (AvgIpc) is 2.46. The van der Waals surface area contributed by atoms with Crippen LogP contribution in [-0.4, -0.2) is 39.0 Å². The van der Waals surface area contributed by atoms with Gasteiger partial charge in [-0.15, -0.1) is 0 Å². The van der Waals surface area contributed by atoms with Crippen molar-refractivity contribution in [2.75, 3.05) is 25.0 Å². The summed E-state index contributed by atoms with van der Waals surface area (Å²) in [5.74, 6) is 0. The predicted molar refractivity (Wildman–Crippen MR) is 70.3 cm³/mol. The largest absolute Gasteiger partial charge is 0.311 e. The molecule has 4 heteroatoms. The fourth-order valence-corrected chi connectivity index (χ4v) is 3.23. The Hall–Kier alpha value is -1.03. The highest BCUT2D eigenvalue weighted by Gasteiger charge is 2.22. The van der Waals surface area contributed by atoms with Crippen LogP contribution in [0.25, 0.3) is 11.0 Å². The van der Waals surface area contributed by atoms with E-state index >= 15 is 0 Å². The summed E-state index contributed by atoms with van der Waals surface area (Å²) >= 11 is 0. The lowest BCUT2D eigenvalue weighted by atomic mass is 10.3. The lowest BCUT2D eigenvalue weighted by molar-refractivity contribution is 1.12. The second-order valence-electron chi connectivity index (χ2n) is 5.84. The third kappa shape index (κ3) is 1.74. The maximum Gasteiger partial charge on any atom is 0.150 e. The summed E-state index contributed by atoms with van der Waals surface area (Å²) in [6.07, 6.45) is 13.1. The van der Waals surface area contributed by atoms with Gasteiger partial charge in [0.2, 0.25) is 0 Å². The molecule has 0 unspecified atom stereocenters. The van der Waals surface area contributed by atoms with Crippen molar-refractivity contribution in [3.05, 3.63) is 24.3 Å². The molecule has 2 aromatic rings. The van der Waals surface area contributed by atoms with Crippen molar-refractivity contribution in [1.82, 2.24) is 13.9 Å². The van der Waals surface area contributed by atoms with Gasteiger partial charge in [0.05, 0.1) is 5.69 Å². The molecule has 0 N–H and O–H groups in total. The van der Waals surface area contributed by atoms with Crippen LogP contribution in [0.1, 0.15) is 5.69 Å². The Morgan fingerprint density at radius 2 is 1.80 bits per heavy atom. The van der Waals surface area contributed by atoms with Crippen molar-refractivity contribution in [3.63, 3.8) is 0 Å². The minimum Gasteiger partial charge on any atom is -0.311 e. The summed E-state index contributed by atoms with van der Waals surface area (Å²) in [7, 11) is -1.81. The Bertz CT molecular complexity index is 510. The first kappa shape index (κ1) is 10.5. The lowest BCUT2D eigenvalue weighted by Crippen LogP contribution is -2.20. The molecule has 2 rings (SSSR count). The van der Waals surface area contributed by atoms with Crippen molar-refractivity contribution in [2.24, 2.45) is 0 Å². The fourth-order valence-electron chi connectivity index (χ4n) is 1.71. The second-order valence-corrected chi connectivity index (χ2v) is 13.2. The number of nitrogens with zero attached hydrogens (tertiary/aromatic N) is 3. The lowest BCUT2D eigenvalue weighted by Gasteiger charge is -2.49. The number of thiol groups is 1. The van der Waals surface area contributed by atoms with Crippen LogP contribution in [0.2, 0.25) is 0 Å². The quantitative estimate of drug-likeness (QED) is 0.753. The number of rotatable bonds is 1. The summed E-state index contributed by atoms with van der Waals surface area (Å²) in [6, 6.07) is 2.12. The van der Waals surface area contributed by atoms with E-state index in [-0.39, 0.29) is 0 Å². The molecule has 84 valence electrons. The summed E-state index contributed by atoms with van der Waals surface area (Å²) in [5, 5.41) is 1.17. The Morgan fingerprint density at radius 3 is 2.40 bits per heavy atom. The molecule has 0 saturated heterocycles. The van der Waals surface area contributed by atoms with Crippen LogP contribution < -0.4 is 0 Å². The molecule has 0 aliphatic carbocycles. The summed E-state index contributed by atoms with van der Waals surface area (Å²) in [5.41, 5.74) is 2.12. The van der Waals surface area contributed by atoms with Gasteiger partial charge in [0, 0.05) is 11.6 Å². The van der Waals surface area contributed by atoms with Crippen LogP contribution in [0.3, 0.4) is 0 Å². The summed E-state index contributed by atoms with van der Waals surface area (Å²) < 4.78 is 2.33. The van der Waals surface area contributed by atoms with Crippen LogP contribution in [0.4, 0.5) is 0 Å². The maximum atomic E-state index is 4.40. The molecule has 15 heavy (non-hydrogen) atoms. The third-order valence-corrected chi connectivity index (χ3v) is 4.57. The zero-order chi connectivity index (χ0) is 11.3. The van der Waals surface area contributed by atoms with E-state index in [1.165, 1.54) is 5.39 Å². The van der Waals surface area contributed by atoms with E-state index in [4.69, 9.17) is 0 Å². The van der Waals surface area contributed by atoms with Gasteiger partial charge in [0.1, 0.15) is 6.33 Å². The zero-order valence-corrected chi connectivity index (χ0v) is 10.9. The van der Waals surface area contributed by atoms with E-state index in [1.807, 2.05) is 6.92 Å². The van der Waals surface area contributed by atoms with Crippen LogP contribution in [0.15, 0.2) is 18.6 Å². The minimum absolute atomic E-state index is 1.05. The van der Waals surface area contributed by atoms with E-state index in [9.17, 15) is 0 Å². The van der Waals surface area contributed by atoms with Crippen LogP contribution in [0, 0.1) is 6.92 Å². The topological polar surface area (TPSA) is 30.7 Å². The molecule has 0 bridgehead atoms. The molecule has 0 amide bonds. The standard InChI is InChI=1S/C11H19N3S/c1-9-10-6-7-14(15(2,3,4)5)11(10)13-8-12-9/h6-8,15H,1-5H3. The van der Waals surface area contributed by atoms with Gasteiger partial charge in [-0.05, 0) is 38.0 Å². The first-order chi connectivity index (χ1) is 6.76. The van der Waals surface area contributed by atoms with Crippen molar-refractivity contribution >= 4 is 20.4 Å². The van der Waals surface area contributed by atoms with E-state index in [0.717, 1.165) is 11.3 Å². The molecule has 2 heterocycles. The Balaban J connectivity index is 2.82. The number of hydrogen-bond acceptors (Lipinski definition) is 2. The molecule has 0 spiro atoms. The first-order valence-corrected chi connectivity index (χ1v) is 9.03. The van der Waals surface area contributed by atoms with E-state index < -0.39 is 9.35 Å². The van der Waals surface area contributed by atoms with E-state index in [1.54, 1.807) is 6.33 Å². The average molecular weight is 225 g/mol. The van der Waals surface area contributed by atoms with Gasteiger partial charge in [0.25, 0.3) is 0 Å². The molecule has 0 aliphatic heterocycles. The Morgan fingerprint density at radius 1 is 1.13 bits per heavy atom. The SMILES string of the molecule is Cc1ncnc2c1ccn2[SH](C)(C)(C)C. The highest BCUT2D eigenvalue weighted by Crippen LogP contribution is 2.57. The second kappa shape index (κ2) is 2.76. The van der Waals surface area contributed by atoms with Crippen molar-refractivity contribution < 1.29 is 0 Å². The first-order valence-electron chi connectivity index (χ1n) is 5.06. The molecule has 0 radical (unpaired) electrons. The van der Waals surface area contributed by atoms with Crippen molar-refractivity contribution in [2.45, 2.75) is 6.92 Å². The molecule has 3 nitrogen and oxygen atoms in total. The van der Waals surface area contributed by atoms with Crippen LogP contribution in [-0.2, 0) is 0 Å². The Labute approximate surface area is 91.0 Å². The summed E-state index contributed by atoms with van der Waals surface area (Å²) in [6.45, 7) is 2.03. The van der Waals surface area contributed by atoms with Gasteiger partial charge < -0.3 is 3.97 Å². The minimum atomic E-state index is -1.81. The maximum absolute atomic E-state index is 4.40. The number of aromatic nitrogens is 3. The van der Waals surface area contributed by atoms with E-state index in [2.05, 4.69) is 51.2 Å². The highest BCUT2D eigenvalue weighted by atomic mass is 32.3. The van der Waals surface area contributed by atoms with Crippen molar-refractivity contribution in [3.8, 4) is 0 Å². The molecule has 0 fully saturated rings. The molecule has 0 aliphatic rings. The fraction of sp³-hybridized carbons (Fsp3) is 0.455. The molecular formula is C11H19N3S. The van der Waals surface area contributed by atoms with Gasteiger partial charge in [0.15, 0.2) is 5.65 Å². The number of fused-ring (bicyclic) bond motifs is 1. The predicted octanol–water partition coefficient (Wildman–Crippen LogP) is 2.09. The van der Waals surface area contributed by atoms with Crippen molar-refractivity contribution in [1.29, 1.82) is 0 Å². The number of aryl methyl sites for hydroxylation is 1. The number of hydrogen-bond donors (Lipinski definition) is 1. The molecule has 0 saturated carbocycles. The van der Waals surface area contributed by atoms with Gasteiger partial charge >= 0.3 is 0 Å². The molecule has 0 atom stereocenters.